The van der Waals surface area contributed by atoms with E-state index >= 15 is 0 Å². The van der Waals surface area contributed by atoms with E-state index in [0.717, 1.165) is 30.9 Å². The molecule has 0 bridgehead atoms. The first-order valence-electron chi connectivity index (χ1n) is 8.00. The first kappa shape index (κ1) is 18.7. The Kier molecular flexibility index (Phi) is 10.0. The van der Waals surface area contributed by atoms with Crippen LogP contribution < -0.4 is 10.6 Å². The van der Waals surface area contributed by atoms with Crippen LogP contribution in [0.5, 0.6) is 0 Å². The summed E-state index contributed by atoms with van der Waals surface area (Å²) in [6.45, 7) is 4.20. The molecule has 1 fully saturated rings. The van der Waals surface area contributed by atoms with Gasteiger partial charge in [0.25, 0.3) is 0 Å². The first-order valence-corrected chi connectivity index (χ1v) is 10.4. The largest absolute Gasteiger partial charge is 0.352 e. The van der Waals surface area contributed by atoms with Crippen molar-refractivity contribution in [3.8, 4) is 0 Å². The molecule has 4 nitrogen and oxygen atoms in total. The van der Waals surface area contributed by atoms with E-state index in [9.17, 15) is 9.59 Å². The fourth-order valence-corrected chi connectivity index (χ4v) is 5.29. The van der Waals surface area contributed by atoms with Crippen molar-refractivity contribution in [1.29, 1.82) is 0 Å². The Morgan fingerprint density at radius 2 is 1.95 bits per heavy atom. The molecule has 0 radical (unpaired) electrons. The predicted octanol–water partition coefficient (Wildman–Crippen LogP) is 3.12. The second kappa shape index (κ2) is 11.2. The molecule has 0 aliphatic carbocycles. The van der Waals surface area contributed by atoms with E-state index in [2.05, 4.69) is 10.6 Å². The van der Waals surface area contributed by atoms with Crippen molar-refractivity contribution in [2.75, 3.05) is 12.3 Å². The van der Waals surface area contributed by atoms with E-state index in [1.54, 1.807) is 0 Å². The van der Waals surface area contributed by atoms with E-state index in [1.165, 1.54) is 18.6 Å². The molecule has 122 valence electrons. The van der Waals surface area contributed by atoms with Crippen molar-refractivity contribution in [1.82, 2.24) is 10.6 Å². The minimum atomic E-state index is -0.0866. The normalized spacial score (nSPS) is 18.0. The van der Waals surface area contributed by atoms with Crippen LogP contribution in [-0.4, -0.2) is 35.4 Å². The summed E-state index contributed by atoms with van der Waals surface area (Å²) < 4.78 is 0. The molecule has 0 aromatic carbocycles. The van der Waals surface area contributed by atoms with Gasteiger partial charge >= 0.3 is 0 Å². The summed E-state index contributed by atoms with van der Waals surface area (Å²) in [5, 5.41) is 6.40. The van der Waals surface area contributed by atoms with Crippen molar-refractivity contribution >= 4 is 33.4 Å². The molecule has 0 aromatic rings. The minimum Gasteiger partial charge on any atom is -0.352 e. The maximum absolute atomic E-state index is 11.7. The highest BCUT2D eigenvalue weighted by atomic mass is 33.1. The number of rotatable bonds is 10. The SMILES string of the molecule is CCC(CC)NC(=O)CNC(=O)CCCCC1CCSS1. The van der Waals surface area contributed by atoms with E-state index in [0.29, 0.717) is 6.42 Å². The quantitative estimate of drug-likeness (QED) is 0.477. The molecule has 1 aliphatic rings. The summed E-state index contributed by atoms with van der Waals surface area (Å²) >= 11 is 0. The van der Waals surface area contributed by atoms with Crippen LogP contribution in [0.15, 0.2) is 0 Å². The molecule has 2 amide bonds. The summed E-state index contributed by atoms with van der Waals surface area (Å²) in [7, 11) is 3.95. The Bertz CT molecular complexity index is 317. The van der Waals surface area contributed by atoms with Crippen LogP contribution >= 0.6 is 21.6 Å². The molecule has 0 aromatic heterocycles. The standard InChI is InChI=1S/C15H28N2O2S2/c1-3-12(4-2)17-15(19)11-16-14(18)8-6-5-7-13-9-10-20-21-13/h12-13H,3-11H2,1-2H3,(H,16,18)(H,17,19). The van der Waals surface area contributed by atoms with Crippen molar-refractivity contribution in [3.63, 3.8) is 0 Å². The third-order valence-corrected chi connectivity index (χ3v) is 6.71. The average Bonchev–Trinajstić information content (AvgIpc) is 3.00. The minimum absolute atomic E-state index is 0.0110. The first-order chi connectivity index (χ1) is 10.2. The zero-order valence-corrected chi connectivity index (χ0v) is 14.8. The highest BCUT2D eigenvalue weighted by Gasteiger charge is 2.16. The van der Waals surface area contributed by atoms with Crippen molar-refractivity contribution < 1.29 is 9.59 Å². The summed E-state index contributed by atoms with van der Waals surface area (Å²) in [4.78, 5) is 23.3. The number of amides is 2. The van der Waals surface area contributed by atoms with Crippen LogP contribution in [0, 0.1) is 0 Å². The number of unbranched alkanes of at least 4 members (excludes halogenated alkanes) is 1. The Morgan fingerprint density at radius 1 is 1.19 bits per heavy atom. The molecule has 1 aliphatic heterocycles. The smallest absolute Gasteiger partial charge is 0.239 e. The fourth-order valence-electron chi connectivity index (χ4n) is 2.26. The molecule has 21 heavy (non-hydrogen) atoms. The number of carbonyl (C=O) groups excluding carboxylic acids is 2. The molecular formula is C15H28N2O2S2. The Morgan fingerprint density at radius 3 is 2.57 bits per heavy atom. The van der Waals surface area contributed by atoms with Crippen molar-refractivity contribution in [2.24, 2.45) is 0 Å². The lowest BCUT2D eigenvalue weighted by Crippen LogP contribution is -2.41. The molecule has 1 unspecified atom stereocenters. The number of nitrogens with one attached hydrogen (secondary N) is 2. The Labute approximate surface area is 136 Å². The lowest BCUT2D eigenvalue weighted by atomic mass is 10.1. The van der Waals surface area contributed by atoms with Gasteiger partial charge in [-0.2, -0.15) is 0 Å². The van der Waals surface area contributed by atoms with Gasteiger partial charge in [0.2, 0.25) is 11.8 Å². The summed E-state index contributed by atoms with van der Waals surface area (Å²) in [5.41, 5.74) is 0. The van der Waals surface area contributed by atoms with Crippen LogP contribution in [0.3, 0.4) is 0 Å². The van der Waals surface area contributed by atoms with Gasteiger partial charge in [-0.25, -0.2) is 0 Å². The average molecular weight is 333 g/mol. The summed E-state index contributed by atoms with van der Waals surface area (Å²) in [6, 6.07) is 0.219. The molecule has 1 saturated heterocycles. The van der Waals surface area contributed by atoms with Crippen molar-refractivity contribution in [2.45, 2.75) is 70.1 Å². The second-order valence-electron chi connectivity index (χ2n) is 5.43. The summed E-state index contributed by atoms with van der Waals surface area (Å²) in [5.74, 6) is 1.17. The third kappa shape index (κ3) is 8.61. The van der Waals surface area contributed by atoms with E-state index in [-0.39, 0.29) is 24.4 Å². The lowest BCUT2D eigenvalue weighted by Gasteiger charge is -2.14. The topological polar surface area (TPSA) is 58.2 Å². The van der Waals surface area contributed by atoms with Crippen molar-refractivity contribution in [3.05, 3.63) is 0 Å². The highest BCUT2D eigenvalue weighted by molar-refractivity contribution is 8.77. The maximum atomic E-state index is 11.7. The van der Waals surface area contributed by atoms with Gasteiger partial charge in [-0.1, -0.05) is 41.9 Å². The number of hydrogen-bond donors (Lipinski definition) is 2. The van der Waals surface area contributed by atoms with Gasteiger partial charge in [0, 0.05) is 23.5 Å². The molecule has 0 spiro atoms. The molecular weight excluding hydrogens is 304 g/mol. The van der Waals surface area contributed by atoms with Gasteiger partial charge in [0.15, 0.2) is 0 Å². The van der Waals surface area contributed by atoms with Crippen LogP contribution in [0.4, 0.5) is 0 Å². The Hall–Kier alpha value is -0.360. The zero-order chi connectivity index (χ0) is 15.5. The summed E-state index contributed by atoms with van der Waals surface area (Å²) in [6.07, 6.45) is 6.91. The monoisotopic (exact) mass is 332 g/mol. The fraction of sp³-hybridized carbons (Fsp3) is 0.867. The van der Waals surface area contributed by atoms with E-state index in [4.69, 9.17) is 0 Å². The molecule has 1 heterocycles. The van der Waals surface area contributed by atoms with Crippen LogP contribution in [0.25, 0.3) is 0 Å². The van der Waals surface area contributed by atoms with Crippen LogP contribution in [0.1, 0.15) is 58.8 Å². The zero-order valence-electron chi connectivity index (χ0n) is 13.2. The molecule has 2 N–H and O–H groups in total. The van der Waals surface area contributed by atoms with E-state index < -0.39 is 0 Å². The molecule has 1 atom stereocenters. The number of hydrogen-bond acceptors (Lipinski definition) is 4. The van der Waals surface area contributed by atoms with Gasteiger partial charge < -0.3 is 10.6 Å². The third-order valence-electron chi connectivity index (χ3n) is 3.70. The number of carbonyl (C=O) groups is 2. The maximum Gasteiger partial charge on any atom is 0.239 e. The van der Waals surface area contributed by atoms with Gasteiger partial charge in [-0.05, 0) is 32.1 Å². The van der Waals surface area contributed by atoms with Gasteiger partial charge in [0.1, 0.15) is 0 Å². The Balaban J connectivity index is 2.01. The second-order valence-corrected chi connectivity index (χ2v) is 8.22. The van der Waals surface area contributed by atoms with Gasteiger partial charge in [-0.15, -0.1) is 0 Å². The van der Waals surface area contributed by atoms with Crippen LogP contribution in [-0.2, 0) is 9.59 Å². The van der Waals surface area contributed by atoms with Gasteiger partial charge in [-0.3, -0.25) is 9.59 Å². The molecule has 1 rings (SSSR count). The van der Waals surface area contributed by atoms with Gasteiger partial charge in [0.05, 0.1) is 6.54 Å². The highest BCUT2D eigenvalue weighted by Crippen LogP contribution is 2.39. The van der Waals surface area contributed by atoms with Crippen LogP contribution in [0.2, 0.25) is 0 Å². The lowest BCUT2D eigenvalue weighted by molar-refractivity contribution is -0.126. The molecule has 6 heteroatoms. The molecule has 0 saturated carbocycles. The van der Waals surface area contributed by atoms with E-state index in [1.807, 2.05) is 35.4 Å². The predicted molar refractivity (Wildman–Crippen MR) is 92.4 cm³/mol.